The zero-order valence-electron chi connectivity index (χ0n) is 18.5. The van der Waals surface area contributed by atoms with E-state index in [4.69, 9.17) is 0 Å². The van der Waals surface area contributed by atoms with E-state index in [1.165, 1.54) is 9.87 Å². The van der Waals surface area contributed by atoms with Crippen LogP contribution in [0.15, 0.2) is 54.6 Å². The molecule has 2 aromatic carbocycles. The Bertz CT molecular complexity index is 1010. The summed E-state index contributed by atoms with van der Waals surface area (Å²) in [6.07, 6.45) is 5.40. The smallest absolute Gasteiger partial charge is 0.243 e. The molecule has 6 nitrogen and oxygen atoms in total. The van der Waals surface area contributed by atoms with Gasteiger partial charge in [-0.15, -0.1) is 0 Å². The van der Waals surface area contributed by atoms with Gasteiger partial charge in [0.25, 0.3) is 0 Å². The zero-order valence-corrected chi connectivity index (χ0v) is 19.3. The summed E-state index contributed by atoms with van der Waals surface area (Å²) in [4.78, 5) is 17.0. The van der Waals surface area contributed by atoms with Gasteiger partial charge < -0.3 is 4.90 Å². The van der Waals surface area contributed by atoms with E-state index in [2.05, 4.69) is 29.2 Å². The number of piperazine rings is 1. The molecule has 0 aromatic heterocycles. The standard InChI is InChI=1S/C24H31N3O3S/c1-20-9-7-10-21(2)24(20)27(31(3,29)30)19-23(28)26-17-15-25(16-18-26)14-8-13-22-11-5-4-6-12-22/h4-13H,14-19H2,1-3H3/b13-8+. The molecule has 0 unspecified atom stereocenters. The fourth-order valence-corrected chi connectivity index (χ4v) is 4.83. The molecule has 0 aliphatic carbocycles. The Hall–Kier alpha value is -2.64. The van der Waals surface area contributed by atoms with Gasteiger partial charge in [-0.2, -0.15) is 0 Å². The second-order valence-electron chi connectivity index (χ2n) is 8.00. The Morgan fingerprint density at radius 3 is 2.16 bits per heavy atom. The lowest BCUT2D eigenvalue weighted by atomic mass is 10.1. The normalized spacial score (nSPS) is 15.4. The van der Waals surface area contributed by atoms with Crippen LogP contribution >= 0.6 is 0 Å². The predicted octanol–water partition coefficient (Wildman–Crippen LogP) is 2.93. The van der Waals surface area contributed by atoms with Crippen LogP contribution in [0.2, 0.25) is 0 Å². The van der Waals surface area contributed by atoms with Crippen molar-refractivity contribution in [1.29, 1.82) is 0 Å². The van der Waals surface area contributed by atoms with E-state index in [9.17, 15) is 13.2 Å². The van der Waals surface area contributed by atoms with Gasteiger partial charge in [0, 0.05) is 32.7 Å². The zero-order chi connectivity index (χ0) is 22.4. The van der Waals surface area contributed by atoms with E-state index < -0.39 is 10.0 Å². The van der Waals surface area contributed by atoms with Crippen molar-refractivity contribution in [3.05, 3.63) is 71.3 Å². The average molecular weight is 442 g/mol. The highest BCUT2D eigenvalue weighted by Crippen LogP contribution is 2.26. The molecule has 0 atom stereocenters. The summed E-state index contributed by atoms with van der Waals surface area (Å²) in [5, 5.41) is 0. The minimum atomic E-state index is -3.58. The molecule has 2 aromatic rings. The topological polar surface area (TPSA) is 60.9 Å². The molecule has 1 aliphatic heterocycles. The van der Waals surface area contributed by atoms with Gasteiger partial charge in [-0.1, -0.05) is 60.7 Å². The molecule has 1 heterocycles. The number of hydrogen-bond donors (Lipinski definition) is 0. The Morgan fingerprint density at radius 1 is 0.968 bits per heavy atom. The molecular weight excluding hydrogens is 410 g/mol. The van der Waals surface area contributed by atoms with Gasteiger partial charge >= 0.3 is 0 Å². The highest BCUT2D eigenvalue weighted by molar-refractivity contribution is 7.92. The van der Waals surface area contributed by atoms with Crippen LogP contribution in [0, 0.1) is 13.8 Å². The molecule has 1 aliphatic rings. The molecular formula is C24H31N3O3S. The number of sulfonamides is 1. The lowest BCUT2D eigenvalue weighted by molar-refractivity contribution is -0.131. The number of anilines is 1. The molecule has 3 rings (SSSR count). The first-order valence-electron chi connectivity index (χ1n) is 10.5. The first-order chi connectivity index (χ1) is 14.8. The summed E-state index contributed by atoms with van der Waals surface area (Å²) < 4.78 is 26.2. The Kier molecular flexibility index (Phi) is 7.51. The molecule has 0 saturated carbocycles. The van der Waals surface area contributed by atoms with Gasteiger partial charge in [0.2, 0.25) is 15.9 Å². The lowest BCUT2D eigenvalue weighted by Gasteiger charge is -2.35. The lowest BCUT2D eigenvalue weighted by Crippen LogP contribution is -2.51. The minimum absolute atomic E-state index is 0.160. The van der Waals surface area contributed by atoms with Crippen molar-refractivity contribution in [3.8, 4) is 0 Å². The molecule has 0 radical (unpaired) electrons. The number of rotatable bonds is 7. The molecule has 31 heavy (non-hydrogen) atoms. The maximum atomic E-state index is 12.9. The van der Waals surface area contributed by atoms with Crippen LogP contribution in [-0.2, 0) is 14.8 Å². The summed E-state index contributed by atoms with van der Waals surface area (Å²) in [6.45, 7) is 7.14. The van der Waals surface area contributed by atoms with Crippen LogP contribution in [0.3, 0.4) is 0 Å². The second-order valence-corrected chi connectivity index (χ2v) is 9.91. The van der Waals surface area contributed by atoms with Crippen LogP contribution in [0.5, 0.6) is 0 Å². The SMILES string of the molecule is Cc1cccc(C)c1N(CC(=O)N1CCN(C/C=C/c2ccccc2)CC1)S(C)(=O)=O. The monoisotopic (exact) mass is 441 g/mol. The highest BCUT2D eigenvalue weighted by Gasteiger charge is 2.27. The number of hydrogen-bond acceptors (Lipinski definition) is 4. The fraction of sp³-hybridized carbons (Fsp3) is 0.375. The number of carbonyl (C=O) groups excluding carboxylic acids is 1. The Morgan fingerprint density at radius 2 is 1.58 bits per heavy atom. The molecule has 1 fully saturated rings. The van der Waals surface area contributed by atoms with Crippen molar-refractivity contribution < 1.29 is 13.2 Å². The third kappa shape index (κ3) is 6.18. The number of nitrogens with zero attached hydrogens (tertiary/aromatic N) is 3. The van der Waals surface area contributed by atoms with Crippen LogP contribution in [0.25, 0.3) is 6.08 Å². The van der Waals surface area contributed by atoms with Crippen molar-refractivity contribution in [3.63, 3.8) is 0 Å². The molecule has 166 valence electrons. The number of amides is 1. The van der Waals surface area contributed by atoms with E-state index >= 15 is 0 Å². The summed E-state index contributed by atoms with van der Waals surface area (Å²) in [5.41, 5.74) is 3.45. The Labute approximate surface area is 185 Å². The largest absolute Gasteiger partial charge is 0.339 e. The molecule has 7 heteroatoms. The van der Waals surface area contributed by atoms with E-state index in [1.807, 2.05) is 50.2 Å². The quantitative estimate of drug-likeness (QED) is 0.663. The van der Waals surface area contributed by atoms with Crippen molar-refractivity contribution >= 4 is 27.7 Å². The number of para-hydroxylation sites is 1. The molecule has 0 N–H and O–H groups in total. The van der Waals surface area contributed by atoms with Crippen molar-refractivity contribution in [1.82, 2.24) is 9.80 Å². The van der Waals surface area contributed by atoms with Crippen molar-refractivity contribution in [2.45, 2.75) is 13.8 Å². The van der Waals surface area contributed by atoms with Gasteiger partial charge in [-0.25, -0.2) is 8.42 Å². The second kappa shape index (κ2) is 10.1. The van der Waals surface area contributed by atoms with E-state index in [0.717, 1.165) is 37.0 Å². The summed E-state index contributed by atoms with van der Waals surface area (Å²) >= 11 is 0. The molecule has 1 saturated heterocycles. The molecule has 0 spiro atoms. The highest BCUT2D eigenvalue weighted by atomic mass is 32.2. The van der Waals surface area contributed by atoms with Gasteiger partial charge in [-0.3, -0.25) is 14.0 Å². The third-order valence-corrected chi connectivity index (χ3v) is 6.68. The van der Waals surface area contributed by atoms with Crippen LogP contribution in [-0.4, -0.2) is 69.6 Å². The third-order valence-electron chi connectivity index (χ3n) is 5.57. The molecule has 0 bridgehead atoms. The van der Waals surface area contributed by atoms with Crippen molar-refractivity contribution in [2.24, 2.45) is 0 Å². The number of benzene rings is 2. The summed E-state index contributed by atoms with van der Waals surface area (Å²) in [5.74, 6) is -0.160. The predicted molar refractivity (Wildman–Crippen MR) is 127 cm³/mol. The first kappa shape index (κ1) is 23.0. The fourth-order valence-electron chi connectivity index (χ4n) is 3.87. The summed E-state index contributed by atoms with van der Waals surface area (Å²) in [7, 11) is -3.58. The van der Waals surface area contributed by atoms with Gasteiger partial charge in [0.15, 0.2) is 0 Å². The minimum Gasteiger partial charge on any atom is -0.339 e. The molecule has 1 amide bonds. The maximum absolute atomic E-state index is 12.9. The number of aryl methyl sites for hydroxylation is 2. The average Bonchev–Trinajstić information content (AvgIpc) is 2.73. The van der Waals surface area contributed by atoms with E-state index in [0.29, 0.717) is 18.8 Å². The van der Waals surface area contributed by atoms with E-state index in [1.54, 1.807) is 4.90 Å². The van der Waals surface area contributed by atoms with Crippen LogP contribution in [0.4, 0.5) is 5.69 Å². The number of carbonyl (C=O) groups is 1. The first-order valence-corrected chi connectivity index (χ1v) is 12.4. The Balaban J connectivity index is 1.59. The maximum Gasteiger partial charge on any atom is 0.243 e. The van der Waals surface area contributed by atoms with Gasteiger partial charge in [-0.05, 0) is 30.5 Å². The summed E-state index contributed by atoms with van der Waals surface area (Å²) in [6, 6.07) is 15.8. The van der Waals surface area contributed by atoms with Crippen LogP contribution < -0.4 is 4.31 Å². The van der Waals surface area contributed by atoms with Gasteiger partial charge in [0.05, 0.1) is 11.9 Å². The van der Waals surface area contributed by atoms with E-state index in [-0.39, 0.29) is 12.5 Å². The van der Waals surface area contributed by atoms with Gasteiger partial charge in [0.1, 0.15) is 6.54 Å². The van der Waals surface area contributed by atoms with Crippen LogP contribution in [0.1, 0.15) is 16.7 Å². The van der Waals surface area contributed by atoms with Crippen molar-refractivity contribution in [2.75, 3.05) is 49.8 Å².